The summed E-state index contributed by atoms with van der Waals surface area (Å²) in [6.45, 7) is 1.84. The molecule has 0 aliphatic rings. The molecule has 0 bridgehead atoms. The Balaban J connectivity index is 2.88. The van der Waals surface area contributed by atoms with Crippen molar-refractivity contribution in [1.29, 1.82) is 0 Å². The first-order chi connectivity index (χ1) is 6.15. The lowest BCUT2D eigenvalue weighted by atomic mass is 10.1. The van der Waals surface area contributed by atoms with E-state index < -0.39 is 0 Å². The van der Waals surface area contributed by atoms with Crippen LogP contribution in [-0.4, -0.2) is 17.2 Å². The monoisotopic (exact) mass is 180 g/mol. The summed E-state index contributed by atoms with van der Waals surface area (Å²) < 4.78 is 0. The summed E-state index contributed by atoms with van der Waals surface area (Å²) in [5.41, 5.74) is 0.863. The second-order valence-corrected chi connectivity index (χ2v) is 2.93. The van der Waals surface area contributed by atoms with Crippen molar-refractivity contribution >= 4 is 0 Å². The van der Waals surface area contributed by atoms with Gasteiger partial charge in [0.15, 0.2) is 0 Å². The molecule has 13 heavy (non-hydrogen) atoms. The maximum atomic E-state index is 10.2. The van der Waals surface area contributed by atoms with Gasteiger partial charge in [-0.1, -0.05) is 12.1 Å². The quantitative estimate of drug-likeness (QED) is 0.572. The van der Waals surface area contributed by atoms with Gasteiger partial charge in [0.05, 0.1) is 11.3 Å². The molecule has 4 heteroatoms. The van der Waals surface area contributed by atoms with Gasteiger partial charge in [0, 0.05) is 7.05 Å². The first-order valence-electron chi connectivity index (χ1n) is 4.00. The van der Waals surface area contributed by atoms with E-state index in [4.69, 9.17) is 0 Å². The van der Waals surface area contributed by atoms with Crippen LogP contribution in [0.4, 0.5) is 0 Å². The van der Waals surface area contributed by atoms with Crippen LogP contribution >= 0.6 is 0 Å². The normalized spacial score (nSPS) is 12.2. The number of hydrogen-bond acceptors (Lipinski definition) is 3. The Morgan fingerprint density at radius 3 is 2.77 bits per heavy atom. The Morgan fingerprint density at radius 1 is 1.54 bits per heavy atom. The summed E-state index contributed by atoms with van der Waals surface area (Å²) in [4.78, 5) is 10.2. The molecule has 0 fully saturated rings. The van der Waals surface area contributed by atoms with Crippen molar-refractivity contribution < 1.29 is 5.11 Å². The standard InChI is InChI=1S/C9H12N2O2/c1-7(11(2)10-13)8-4-3-5-9(12)6-8/h3-7,12H,1-2H3. The maximum Gasteiger partial charge on any atom is 0.115 e. The van der Waals surface area contributed by atoms with Crippen LogP contribution in [0.2, 0.25) is 0 Å². The highest BCUT2D eigenvalue weighted by atomic mass is 16.3. The molecule has 0 aliphatic carbocycles. The molecule has 0 saturated carbocycles. The maximum absolute atomic E-state index is 10.2. The van der Waals surface area contributed by atoms with Crippen molar-refractivity contribution in [2.75, 3.05) is 7.05 Å². The van der Waals surface area contributed by atoms with Gasteiger partial charge in [-0.2, -0.15) is 0 Å². The van der Waals surface area contributed by atoms with Crippen LogP contribution in [0.1, 0.15) is 18.5 Å². The second kappa shape index (κ2) is 3.89. The molecule has 0 saturated heterocycles. The van der Waals surface area contributed by atoms with Gasteiger partial charge in [0.1, 0.15) is 5.75 Å². The van der Waals surface area contributed by atoms with Gasteiger partial charge in [0.2, 0.25) is 0 Å². The molecule has 1 aromatic carbocycles. The van der Waals surface area contributed by atoms with Gasteiger partial charge in [-0.3, -0.25) is 5.01 Å². The minimum atomic E-state index is -0.121. The van der Waals surface area contributed by atoms with E-state index in [0.29, 0.717) is 0 Å². The predicted molar refractivity (Wildman–Crippen MR) is 50.1 cm³/mol. The molecule has 1 rings (SSSR count). The Labute approximate surface area is 76.7 Å². The number of rotatable bonds is 3. The zero-order chi connectivity index (χ0) is 9.84. The van der Waals surface area contributed by atoms with E-state index in [1.165, 1.54) is 5.01 Å². The van der Waals surface area contributed by atoms with Crippen LogP contribution in [0.5, 0.6) is 5.75 Å². The number of aromatic hydroxyl groups is 1. The highest BCUT2D eigenvalue weighted by Crippen LogP contribution is 2.21. The van der Waals surface area contributed by atoms with E-state index in [1.807, 2.05) is 13.0 Å². The third-order valence-electron chi connectivity index (χ3n) is 2.04. The first kappa shape index (κ1) is 9.51. The average Bonchev–Trinajstić information content (AvgIpc) is 2.15. The molecule has 0 aliphatic heterocycles. The molecule has 0 radical (unpaired) electrons. The lowest BCUT2D eigenvalue weighted by molar-refractivity contribution is 0.270. The summed E-state index contributed by atoms with van der Waals surface area (Å²) >= 11 is 0. The van der Waals surface area contributed by atoms with Gasteiger partial charge in [-0.25, -0.2) is 0 Å². The molecule has 0 aromatic heterocycles. The van der Waals surface area contributed by atoms with Gasteiger partial charge < -0.3 is 5.11 Å². The van der Waals surface area contributed by atoms with E-state index >= 15 is 0 Å². The molecule has 70 valence electrons. The van der Waals surface area contributed by atoms with E-state index in [1.54, 1.807) is 25.2 Å². The van der Waals surface area contributed by atoms with Gasteiger partial charge in [-0.15, -0.1) is 4.91 Å². The molecular formula is C9H12N2O2. The van der Waals surface area contributed by atoms with Gasteiger partial charge >= 0.3 is 0 Å². The average molecular weight is 180 g/mol. The Bertz CT molecular complexity index is 301. The Hall–Kier alpha value is -1.58. The van der Waals surface area contributed by atoms with Gasteiger partial charge in [0.25, 0.3) is 0 Å². The number of phenolic OH excluding ortho intramolecular Hbond substituents is 1. The number of nitroso groups, excluding NO2 is 1. The third kappa shape index (κ3) is 2.18. The van der Waals surface area contributed by atoms with Crippen LogP contribution in [0.15, 0.2) is 29.6 Å². The summed E-state index contributed by atoms with van der Waals surface area (Å²) in [5.74, 6) is 0.198. The zero-order valence-electron chi connectivity index (χ0n) is 7.64. The van der Waals surface area contributed by atoms with Crippen molar-refractivity contribution in [2.24, 2.45) is 5.29 Å². The van der Waals surface area contributed by atoms with Crippen molar-refractivity contribution in [3.63, 3.8) is 0 Å². The lowest BCUT2D eigenvalue weighted by Gasteiger charge is -2.18. The minimum absolute atomic E-state index is 0.121. The smallest absolute Gasteiger partial charge is 0.115 e. The molecule has 4 nitrogen and oxygen atoms in total. The summed E-state index contributed by atoms with van der Waals surface area (Å²) in [6.07, 6.45) is 0. The summed E-state index contributed by atoms with van der Waals surface area (Å²) in [7, 11) is 1.60. The molecule has 0 amide bonds. The number of benzene rings is 1. The fourth-order valence-corrected chi connectivity index (χ4v) is 1.07. The van der Waals surface area contributed by atoms with E-state index in [2.05, 4.69) is 5.29 Å². The predicted octanol–water partition coefficient (Wildman–Crippen LogP) is 2.07. The SMILES string of the molecule is CC(c1cccc(O)c1)N(C)N=O. The van der Waals surface area contributed by atoms with Crippen molar-refractivity contribution in [3.8, 4) is 5.75 Å². The molecule has 1 N–H and O–H groups in total. The van der Waals surface area contributed by atoms with Crippen LogP contribution in [0.3, 0.4) is 0 Å². The summed E-state index contributed by atoms with van der Waals surface area (Å²) in [6, 6.07) is 6.66. The molecule has 0 heterocycles. The minimum Gasteiger partial charge on any atom is -0.508 e. The van der Waals surface area contributed by atoms with Crippen LogP contribution in [-0.2, 0) is 0 Å². The van der Waals surface area contributed by atoms with Gasteiger partial charge in [-0.05, 0) is 24.6 Å². The van der Waals surface area contributed by atoms with Crippen molar-refractivity contribution in [3.05, 3.63) is 34.7 Å². The number of phenols is 1. The largest absolute Gasteiger partial charge is 0.508 e. The van der Waals surface area contributed by atoms with E-state index in [9.17, 15) is 10.0 Å². The Kier molecular flexibility index (Phi) is 2.84. The molecule has 1 unspecified atom stereocenters. The number of hydrogen-bond donors (Lipinski definition) is 1. The summed E-state index contributed by atoms with van der Waals surface area (Å²) in [5, 5.41) is 13.3. The number of nitrogens with zero attached hydrogens (tertiary/aromatic N) is 2. The third-order valence-corrected chi connectivity index (χ3v) is 2.04. The fraction of sp³-hybridized carbons (Fsp3) is 0.333. The van der Waals surface area contributed by atoms with Crippen LogP contribution in [0, 0.1) is 4.91 Å². The van der Waals surface area contributed by atoms with Crippen LogP contribution < -0.4 is 0 Å². The molecule has 0 spiro atoms. The topological polar surface area (TPSA) is 52.9 Å². The first-order valence-corrected chi connectivity index (χ1v) is 4.00. The fourth-order valence-electron chi connectivity index (χ4n) is 1.07. The molecular weight excluding hydrogens is 168 g/mol. The lowest BCUT2D eigenvalue weighted by Crippen LogP contribution is -2.14. The molecule has 1 aromatic rings. The Morgan fingerprint density at radius 2 is 2.23 bits per heavy atom. The highest BCUT2D eigenvalue weighted by Gasteiger charge is 2.10. The van der Waals surface area contributed by atoms with Crippen molar-refractivity contribution in [2.45, 2.75) is 13.0 Å². The van der Waals surface area contributed by atoms with E-state index in [-0.39, 0.29) is 11.8 Å². The van der Waals surface area contributed by atoms with E-state index in [0.717, 1.165) is 5.56 Å². The highest BCUT2D eigenvalue weighted by molar-refractivity contribution is 5.28. The second-order valence-electron chi connectivity index (χ2n) is 2.93. The zero-order valence-corrected chi connectivity index (χ0v) is 7.64. The van der Waals surface area contributed by atoms with Crippen molar-refractivity contribution in [1.82, 2.24) is 5.01 Å². The molecule has 1 atom stereocenters. The van der Waals surface area contributed by atoms with Crippen LogP contribution in [0.25, 0.3) is 0 Å².